The third-order valence-electron chi connectivity index (χ3n) is 3.03. The molecule has 0 amide bonds. The van der Waals surface area contributed by atoms with Crippen molar-refractivity contribution in [3.05, 3.63) is 11.9 Å². The van der Waals surface area contributed by atoms with Crippen LogP contribution in [0.4, 0.5) is 11.6 Å². The second-order valence-electron chi connectivity index (χ2n) is 4.94. The van der Waals surface area contributed by atoms with Gasteiger partial charge in [0.15, 0.2) is 5.82 Å². The van der Waals surface area contributed by atoms with E-state index in [0.717, 1.165) is 37.6 Å². The zero-order chi connectivity index (χ0) is 15.7. The minimum absolute atomic E-state index is 0.176. The second kappa shape index (κ2) is 9.68. The Balaban J connectivity index is 2.66. The quantitative estimate of drug-likeness (QED) is 0.688. The van der Waals surface area contributed by atoms with Crippen LogP contribution in [0.25, 0.3) is 0 Å². The molecule has 2 unspecified atom stereocenters. The molecule has 0 aliphatic heterocycles. The predicted molar refractivity (Wildman–Crippen MR) is 88.2 cm³/mol. The van der Waals surface area contributed by atoms with Gasteiger partial charge in [-0.25, -0.2) is 9.97 Å². The van der Waals surface area contributed by atoms with Crippen molar-refractivity contribution in [3.63, 3.8) is 0 Å². The van der Waals surface area contributed by atoms with E-state index in [0.29, 0.717) is 12.4 Å². The van der Waals surface area contributed by atoms with Crippen molar-refractivity contribution in [2.75, 3.05) is 37.1 Å². The van der Waals surface area contributed by atoms with Crippen molar-refractivity contribution in [1.82, 2.24) is 9.97 Å². The normalized spacial score (nSPS) is 13.7. The summed E-state index contributed by atoms with van der Waals surface area (Å²) in [5, 5.41) is 6.70. The van der Waals surface area contributed by atoms with E-state index in [2.05, 4.69) is 27.5 Å². The van der Waals surface area contributed by atoms with Crippen LogP contribution in [0, 0.1) is 0 Å². The Morgan fingerprint density at radius 3 is 2.43 bits per heavy atom. The van der Waals surface area contributed by atoms with Gasteiger partial charge in [-0.05, 0) is 12.8 Å². The number of nitrogens with zero attached hydrogens (tertiary/aromatic N) is 2. The number of aromatic nitrogens is 2. The fourth-order valence-corrected chi connectivity index (χ4v) is 2.14. The van der Waals surface area contributed by atoms with E-state index >= 15 is 0 Å². The molecule has 2 atom stereocenters. The Morgan fingerprint density at radius 1 is 1.29 bits per heavy atom. The number of methoxy groups -OCH3 is 1. The number of nitrogens with one attached hydrogen (secondary N) is 2. The van der Waals surface area contributed by atoms with Gasteiger partial charge in [-0.15, -0.1) is 0 Å². The molecule has 120 valence electrons. The van der Waals surface area contributed by atoms with Crippen molar-refractivity contribution in [2.45, 2.75) is 38.5 Å². The maximum absolute atomic E-state index is 11.3. The van der Waals surface area contributed by atoms with Gasteiger partial charge in [-0.3, -0.25) is 4.21 Å². The van der Waals surface area contributed by atoms with Crippen molar-refractivity contribution >= 4 is 22.4 Å². The highest BCUT2D eigenvalue weighted by atomic mass is 32.2. The standard InChI is InChI=1S/C14H26N4O2S/c1-5-7-15-12-9-13(18-14(17-12)10-20-3)16-8-6-11(2)21(4)19/h9,11H,5-8,10H2,1-4H3,(H2,15,16,17,18). The van der Waals surface area contributed by atoms with Gasteiger partial charge in [0.1, 0.15) is 18.2 Å². The summed E-state index contributed by atoms with van der Waals surface area (Å²) >= 11 is 0. The lowest BCUT2D eigenvalue weighted by Gasteiger charge is -2.12. The van der Waals surface area contributed by atoms with E-state index in [1.165, 1.54) is 0 Å². The summed E-state index contributed by atoms with van der Waals surface area (Å²) < 4.78 is 16.4. The zero-order valence-corrected chi connectivity index (χ0v) is 14.1. The summed E-state index contributed by atoms with van der Waals surface area (Å²) in [6.45, 7) is 6.08. The summed E-state index contributed by atoms with van der Waals surface area (Å²) in [4.78, 5) is 8.81. The maximum atomic E-state index is 11.3. The molecule has 6 nitrogen and oxygen atoms in total. The summed E-state index contributed by atoms with van der Waals surface area (Å²) in [6, 6.07) is 1.89. The van der Waals surface area contributed by atoms with E-state index in [9.17, 15) is 4.21 Å². The maximum Gasteiger partial charge on any atom is 0.158 e. The molecule has 0 aliphatic carbocycles. The second-order valence-corrected chi connectivity index (χ2v) is 6.74. The highest BCUT2D eigenvalue weighted by Gasteiger charge is 2.07. The first kappa shape index (κ1) is 17.8. The highest BCUT2D eigenvalue weighted by molar-refractivity contribution is 7.84. The molecule has 2 N–H and O–H groups in total. The molecular weight excluding hydrogens is 288 g/mol. The van der Waals surface area contributed by atoms with E-state index < -0.39 is 10.8 Å². The van der Waals surface area contributed by atoms with E-state index in [-0.39, 0.29) is 5.25 Å². The van der Waals surface area contributed by atoms with E-state index in [1.54, 1.807) is 13.4 Å². The fourth-order valence-electron chi connectivity index (χ4n) is 1.69. The first-order valence-corrected chi connectivity index (χ1v) is 8.85. The third kappa shape index (κ3) is 6.86. The molecule has 1 aromatic heterocycles. The van der Waals surface area contributed by atoms with Crippen LogP contribution in [-0.2, 0) is 22.1 Å². The topological polar surface area (TPSA) is 76.1 Å². The van der Waals surface area contributed by atoms with Crippen LogP contribution in [0.15, 0.2) is 6.07 Å². The Bertz CT molecular complexity index is 457. The third-order valence-corrected chi connectivity index (χ3v) is 4.39. The SMILES string of the molecule is CCCNc1cc(NCCC(C)S(C)=O)nc(COC)n1. The molecule has 1 aromatic rings. The van der Waals surface area contributed by atoms with Crippen LogP contribution < -0.4 is 10.6 Å². The molecular formula is C14H26N4O2S. The monoisotopic (exact) mass is 314 g/mol. The molecule has 0 fully saturated rings. The molecule has 0 saturated carbocycles. The minimum atomic E-state index is -0.789. The molecule has 0 spiro atoms. The molecule has 0 aromatic carbocycles. The number of anilines is 2. The van der Waals surface area contributed by atoms with Gasteiger partial charge in [0, 0.05) is 48.6 Å². The molecule has 21 heavy (non-hydrogen) atoms. The predicted octanol–water partition coefficient (Wildman–Crippen LogP) is 2.01. The summed E-state index contributed by atoms with van der Waals surface area (Å²) in [5.41, 5.74) is 0. The van der Waals surface area contributed by atoms with E-state index in [4.69, 9.17) is 4.74 Å². The average Bonchev–Trinajstić information content (AvgIpc) is 2.45. The van der Waals surface area contributed by atoms with Gasteiger partial charge < -0.3 is 15.4 Å². The Morgan fingerprint density at radius 2 is 1.90 bits per heavy atom. The lowest BCUT2D eigenvalue weighted by molar-refractivity contribution is 0.178. The van der Waals surface area contributed by atoms with Crippen molar-refractivity contribution in [2.24, 2.45) is 0 Å². The van der Waals surface area contributed by atoms with Gasteiger partial charge in [-0.1, -0.05) is 13.8 Å². The lowest BCUT2D eigenvalue weighted by Crippen LogP contribution is -2.16. The van der Waals surface area contributed by atoms with Crippen LogP contribution in [-0.4, -0.2) is 45.9 Å². The van der Waals surface area contributed by atoms with Crippen LogP contribution in [0.3, 0.4) is 0 Å². The van der Waals surface area contributed by atoms with Crippen LogP contribution in [0.1, 0.15) is 32.5 Å². The van der Waals surface area contributed by atoms with Gasteiger partial charge in [-0.2, -0.15) is 0 Å². The first-order valence-electron chi connectivity index (χ1n) is 7.23. The van der Waals surface area contributed by atoms with Crippen molar-refractivity contribution in [1.29, 1.82) is 0 Å². The molecule has 0 bridgehead atoms. The van der Waals surface area contributed by atoms with Crippen molar-refractivity contribution in [3.8, 4) is 0 Å². The first-order chi connectivity index (χ1) is 10.1. The van der Waals surface area contributed by atoms with Crippen LogP contribution in [0.5, 0.6) is 0 Å². The number of rotatable bonds is 10. The Labute approximate surface area is 129 Å². The Hall–Kier alpha value is -1.21. The van der Waals surface area contributed by atoms with Gasteiger partial charge >= 0.3 is 0 Å². The Kier molecular flexibility index (Phi) is 8.22. The zero-order valence-electron chi connectivity index (χ0n) is 13.3. The summed E-state index contributed by atoms with van der Waals surface area (Å²) in [6.07, 6.45) is 3.61. The molecule has 1 heterocycles. The molecule has 0 radical (unpaired) electrons. The van der Waals surface area contributed by atoms with Gasteiger partial charge in [0.05, 0.1) is 0 Å². The van der Waals surface area contributed by atoms with Gasteiger partial charge in [0.2, 0.25) is 0 Å². The molecule has 0 aliphatic rings. The smallest absolute Gasteiger partial charge is 0.158 e. The number of ether oxygens (including phenoxy) is 1. The average molecular weight is 314 g/mol. The van der Waals surface area contributed by atoms with Gasteiger partial charge in [0.25, 0.3) is 0 Å². The largest absolute Gasteiger partial charge is 0.377 e. The number of hydrogen-bond acceptors (Lipinski definition) is 6. The molecule has 7 heteroatoms. The van der Waals surface area contributed by atoms with Crippen LogP contribution in [0.2, 0.25) is 0 Å². The summed E-state index contributed by atoms with van der Waals surface area (Å²) in [5.74, 6) is 2.21. The number of hydrogen-bond donors (Lipinski definition) is 2. The summed E-state index contributed by atoms with van der Waals surface area (Å²) in [7, 11) is 0.836. The molecule has 1 rings (SSSR count). The lowest BCUT2D eigenvalue weighted by atomic mass is 10.3. The molecule has 0 saturated heterocycles. The van der Waals surface area contributed by atoms with Crippen molar-refractivity contribution < 1.29 is 8.95 Å². The fraction of sp³-hybridized carbons (Fsp3) is 0.714. The highest BCUT2D eigenvalue weighted by Crippen LogP contribution is 2.12. The van der Waals surface area contributed by atoms with Crippen LogP contribution >= 0.6 is 0 Å². The van der Waals surface area contributed by atoms with E-state index in [1.807, 2.05) is 13.0 Å². The minimum Gasteiger partial charge on any atom is -0.377 e.